The van der Waals surface area contributed by atoms with Gasteiger partial charge >= 0.3 is 6.18 Å². The van der Waals surface area contributed by atoms with E-state index in [1.165, 1.54) is 28.7 Å². The Hall–Kier alpha value is -2.54. The number of nitrogens with zero attached hydrogens (tertiary/aromatic N) is 1. The Bertz CT molecular complexity index is 1190. The fraction of sp³-hybridized carbons (Fsp3) is 0.385. The van der Waals surface area contributed by atoms with Crippen molar-refractivity contribution < 1.29 is 22.8 Å². The molecular weight excluding hydrogens is 447 g/mol. The molecule has 1 heterocycles. The largest absolute Gasteiger partial charge is 0.416 e. The van der Waals surface area contributed by atoms with Crippen LogP contribution in [0, 0.1) is 6.92 Å². The van der Waals surface area contributed by atoms with Crippen molar-refractivity contribution >= 4 is 33.9 Å². The predicted molar refractivity (Wildman–Crippen MR) is 126 cm³/mol. The first-order valence-electron chi connectivity index (χ1n) is 10.8. The highest BCUT2D eigenvalue weighted by Gasteiger charge is 2.41. The Morgan fingerprint density at radius 3 is 2.18 bits per heavy atom. The molecule has 2 aromatic carbocycles. The van der Waals surface area contributed by atoms with Crippen molar-refractivity contribution in [3.05, 3.63) is 69.9 Å². The zero-order chi connectivity index (χ0) is 24.3. The molecule has 0 bridgehead atoms. The molecule has 3 nitrogen and oxygen atoms in total. The van der Waals surface area contributed by atoms with E-state index in [-0.39, 0.29) is 22.1 Å². The number of amides is 1. The van der Waals surface area contributed by atoms with Gasteiger partial charge in [-0.05, 0) is 77.1 Å². The number of halogens is 3. The molecule has 2 aromatic rings. The Balaban J connectivity index is 1.86. The van der Waals surface area contributed by atoms with Gasteiger partial charge in [0, 0.05) is 11.8 Å². The van der Waals surface area contributed by atoms with Crippen molar-refractivity contribution in [2.24, 2.45) is 0 Å². The Morgan fingerprint density at radius 1 is 0.970 bits per heavy atom. The maximum atomic E-state index is 13.2. The van der Waals surface area contributed by atoms with Crippen molar-refractivity contribution in [3.8, 4) is 0 Å². The zero-order valence-electron chi connectivity index (χ0n) is 19.3. The SMILES string of the molecule is Cc1cc2c(cc1N1C(=O)SC(=O)C1=Cc1cccc(C(F)(F)F)c1)C(C)(C)CCC2(C)C. The number of anilines is 1. The third kappa shape index (κ3) is 4.23. The quantitative estimate of drug-likeness (QED) is 0.421. The van der Waals surface area contributed by atoms with Crippen LogP contribution in [-0.2, 0) is 21.8 Å². The van der Waals surface area contributed by atoms with E-state index in [2.05, 4.69) is 33.8 Å². The maximum absolute atomic E-state index is 13.2. The minimum atomic E-state index is -4.49. The fourth-order valence-electron chi connectivity index (χ4n) is 4.63. The summed E-state index contributed by atoms with van der Waals surface area (Å²) in [6.45, 7) is 10.7. The first kappa shape index (κ1) is 23.6. The monoisotopic (exact) mass is 473 g/mol. The number of fused-ring (bicyclic) bond motifs is 1. The molecular formula is C26H26F3NO2S. The summed E-state index contributed by atoms with van der Waals surface area (Å²) in [5, 5.41) is -0.928. The topological polar surface area (TPSA) is 37.4 Å². The van der Waals surface area contributed by atoms with Crippen LogP contribution in [0.2, 0.25) is 0 Å². The van der Waals surface area contributed by atoms with E-state index in [1.807, 2.05) is 13.0 Å². The lowest BCUT2D eigenvalue weighted by Crippen LogP contribution is -2.34. The van der Waals surface area contributed by atoms with E-state index >= 15 is 0 Å². The molecule has 174 valence electrons. The Labute approximate surface area is 196 Å². The number of alkyl halides is 3. The summed E-state index contributed by atoms with van der Waals surface area (Å²) < 4.78 is 39.5. The summed E-state index contributed by atoms with van der Waals surface area (Å²) in [5.41, 5.74) is 3.18. The van der Waals surface area contributed by atoms with Crippen molar-refractivity contribution in [2.45, 2.75) is 64.5 Å². The Kier molecular flexibility index (Phi) is 5.55. The second-order valence-corrected chi connectivity index (χ2v) is 11.0. The molecule has 0 radical (unpaired) electrons. The van der Waals surface area contributed by atoms with Crippen LogP contribution in [-0.4, -0.2) is 10.4 Å². The van der Waals surface area contributed by atoms with Crippen LogP contribution in [0.3, 0.4) is 0 Å². The second-order valence-electron chi connectivity index (χ2n) is 10.1. The number of aryl methyl sites for hydroxylation is 1. The molecule has 2 aliphatic rings. The number of rotatable bonds is 2. The number of carbonyl (C=O) groups excluding carboxylic acids is 2. The summed E-state index contributed by atoms with van der Waals surface area (Å²) in [7, 11) is 0. The molecule has 0 atom stereocenters. The highest BCUT2D eigenvalue weighted by molar-refractivity contribution is 8.27. The molecule has 0 N–H and O–H groups in total. The minimum Gasteiger partial charge on any atom is -0.279 e. The van der Waals surface area contributed by atoms with E-state index < -0.39 is 22.1 Å². The van der Waals surface area contributed by atoms with E-state index in [9.17, 15) is 22.8 Å². The van der Waals surface area contributed by atoms with Gasteiger partial charge in [-0.2, -0.15) is 13.2 Å². The smallest absolute Gasteiger partial charge is 0.279 e. The van der Waals surface area contributed by atoms with Gasteiger partial charge < -0.3 is 0 Å². The summed E-state index contributed by atoms with van der Waals surface area (Å²) >= 11 is 0.564. The van der Waals surface area contributed by atoms with Crippen LogP contribution in [0.25, 0.3) is 6.08 Å². The van der Waals surface area contributed by atoms with Gasteiger partial charge in [0.05, 0.1) is 11.3 Å². The first-order chi connectivity index (χ1) is 15.2. The molecule has 0 aromatic heterocycles. The summed E-state index contributed by atoms with van der Waals surface area (Å²) in [6, 6.07) is 8.83. The number of carbonyl (C=O) groups is 2. The van der Waals surface area contributed by atoms with Crippen molar-refractivity contribution in [2.75, 3.05) is 4.90 Å². The molecule has 0 unspecified atom stereocenters. The van der Waals surface area contributed by atoms with Crippen molar-refractivity contribution in [3.63, 3.8) is 0 Å². The summed E-state index contributed by atoms with van der Waals surface area (Å²) in [6.07, 6.45) is -1.09. The van der Waals surface area contributed by atoms with E-state index in [4.69, 9.17) is 0 Å². The minimum absolute atomic E-state index is 0.00949. The molecule has 1 aliphatic heterocycles. The van der Waals surface area contributed by atoms with Crippen LogP contribution in [0.1, 0.15) is 68.4 Å². The van der Waals surface area contributed by atoms with Gasteiger partial charge in [-0.3, -0.25) is 14.5 Å². The third-order valence-corrected chi connectivity index (χ3v) is 7.49. The molecule has 1 saturated heterocycles. The molecule has 1 aliphatic carbocycles. The van der Waals surface area contributed by atoms with Crippen molar-refractivity contribution in [1.82, 2.24) is 0 Å². The lowest BCUT2D eigenvalue weighted by molar-refractivity contribution is -0.137. The van der Waals surface area contributed by atoms with Crippen LogP contribution >= 0.6 is 11.8 Å². The standard InChI is InChI=1S/C26H26F3NO2S/c1-15-11-18-19(25(4,5)10-9-24(18,2)3)14-20(15)30-21(22(31)33-23(30)32)13-16-7-6-8-17(12-16)26(27,28)29/h6-8,11-14H,9-10H2,1-5H3. The van der Waals surface area contributed by atoms with Gasteiger partial charge in [0.15, 0.2) is 0 Å². The average molecular weight is 474 g/mol. The highest BCUT2D eigenvalue weighted by atomic mass is 32.2. The lowest BCUT2D eigenvalue weighted by Gasteiger charge is -2.42. The number of thioether (sulfide) groups is 1. The van der Waals surface area contributed by atoms with E-state index in [1.54, 1.807) is 0 Å². The molecule has 33 heavy (non-hydrogen) atoms. The van der Waals surface area contributed by atoms with E-state index in [0.717, 1.165) is 36.1 Å². The molecule has 0 spiro atoms. The van der Waals surface area contributed by atoms with Gasteiger partial charge in [0.25, 0.3) is 5.24 Å². The molecule has 1 amide bonds. The third-order valence-electron chi connectivity index (χ3n) is 6.74. The molecule has 1 fully saturated rings. The van der Waals surface area contributed by atoms with Gasteiger partial charge in [-0.25, -0.2) is 0 Å². The van der Waals surface area contributed by atoms with Crippen LogP contribution < -0.4 is 4.90 Å². The zero-order valence-corrected chi connectivity index (χ0v) is 20.1. The van der Waals surface area contributed by atoms with Gasteiger partial charge in [0.2, 0.25) is 5.12 Å². The van der Waals surface area contributed by atoms with Crippen LogP contribution in [0.15, 0.2) is 42.1 Å². The fourth-order valence-corrected chi connectivity index (χ4v) is 5.33. The van der Waals surface area contributed by atoms with Crippen LogP contribution in [0.4, 0.5) is 23.7 Å². The normalized spacial score (nSPS) is 21.0. The Morgan fingerprint density at radius 2 is 1.58 bits per heavy atom. The first-order valence-corrected chi connectivity index (χ1v) is 11.6. The second kappa shape index (κ2) is 7.76. The van der Waals surface area contributed by atoms with Gasteiger partial charge in [0.1, 0.15) is 5.70 Å². The summed E-state index contributed by atoms with van der Waals surface area (Å²) in [5.74, 6) is 0. The van der Waals surface area contributed by atoms with E-state index in [0.29, 0.717) is 17.4 Å². The lowest BCUT2D eigenvalue weighted by atomic mass is 9.63. The molecule has 7 heteroatoms. The molecule has 4 rings (SSSR count). The molecule has 0 saturated carbocycles. The summed E-state index contributed by atoms with van der Waals surface area (Å²) in [4.78, 5) is 26.9. The maximum Gasteiger partial charge on any atom is 0.416 e. The highest BCUT2D eigenvalue weighted by Crippen LogP contribution is 2.49. The van der Waals surface area contributed by atoms with Crippen molar-refractivity contribution in [1.29, 1.82) is 0 Å². The number of benzene rings is 2. The van der Waals surface area contributed by atoms with Crippen LogP contribution in [0.5, 0.6) is 0 Å². The predicted octanol–water partition coefficient (Wildman–Crippen LogP) is 7.60. The van der Waals surface area contributed by atoms with Gasteiger partial charge in [-0.1, -0.05) is 45.9 Å². The number of hydrogen-bond donors (Lipinski definition) is 0. The average Bonchev–Trinajstić information content (AvgIpc) is 2.98. The van der Waals surface area contributed by atoms with Gasteiger partial charge in [-0.15, -0.1) is 0 Å². The number of hydrogen-bond acceptors (Lipinski definition) is 3.